The maximum atomic E-state index is 13.1. The minimum Gasteiger partial charge on any atom is -0.345 e. The van der Waals surface area contributed by atoms with Crippen molar-refractivity contribution in [2.24, 2.45) is 4.99 Å². The summed E-state index contributed by atoms with van der Waals surface area (Å²) in [6, 6.07) is 16.3. The molecule has 0 bridgehead atoms. The summed E-state index contributed by atoms with van der Waals surface area (Å²) >= 11 is 0. The Kier molecular flexibility index (Phi) is 6.61. The minimum absolute atomic E-state index is 0.203. The molecule has 2 N–H and O–H groups in total. The van der Waals surface area contributed by atoms with Crippen LogP contribution in [-0.4, -0.2) is 42.7 Å². The van der Waals surface area contributed by atoms with Gasteiger partial charge in [-0.05, 0) is 19.4 Å². The lowest BCUT2D eigenvalue weighted by molar-refractivity contribution is -0.130. The lowest BCUT2D eigenvalue weighted by atomic mass is 10.0. The fourth-order valence-electron chi connectivity index (χ4n) is 3.31. The van der Waals surface area contributed by atoms with Crippen molar-refractivity contribution in [3.05, 3.63) is 65.7 Å². The van der Waals surface area contributed by atoms with Crippen LogP contribution in [0.15, 0.2) is 59.6 Å². The van der Waals surface area contributed by atoms with Gasteiger partial charge in [0.2, 0.25) is 18.0 Å². The van der Waals surface area contributed by atoms with E-state index in [1.165, 1.54) is 4.90 Å². The SMILES string of the molecule is CCCC(=O)N[C@@H](C)C(=O)N[C@H]1N=C(c2ccccc2)c2ccccc2N(C)C1=O. The zero-order valence-electron chi connectivity index (χ0n) is 17.4. The molecule has 0 aliphatic carbocycles. The summed E-state index contributed by atoms with van der Waals surface area (Å²) in [6.07, 6.45) is -0.0701. The fraction of sp³-hybridized carbons (Fsp3) is 0.304. The molecule has 0 radical (unpaired) electrons. The Morgan fingerprint density at radius 3 is 2.47 bits per heavy atom. The van der Waals surface area contributed by atoms with E-state index in [4.69, 9.17) is 0 Å². The summed E-state index contributed by atoms with van der Waals surface area (Å²) in [5.74, 6) is -1.02. The molecule has 1 aliphatic heterocycles. The van der Waals surface area contributed by atoms with E-state index in [1.54, 1.807) is 14.0 Å². The third kappa shape index (κ3) is 4.56. The van der Waals surface area contributed by atoms with Crippen LogP contribution in [0.4, 0.5) is 5.69 Å². The predicted molar refractivity (Wildman–Crippen MR) is 116 cm³/mol. The molecule has 0 aromatic heterocycles. The van der Waals surface area contributed by atoms with E-state index in [0.717, 1.165) is 11.1 Å². The topological polar surface area (TPSA) is 90.9 Å². The van der Waals surface area contributed by atoms with Crippen LogP contribution in [0.3, 0.4) is 0 Å². The Bertz CT molecular complexity index is 971. The summed E-state index contributed by atoms with van der Waals surface area (Å²) in [6.45, 7) is 3.48. The zero-order chi connectivity index (χ0) is 21.7. The minimum atomic E-state index is -1.10. The standard InChI is InChI=1S/C23H26N4O3/c1-4-10-19(28)24-15(2)22(29)26-21-23(30)27(3)18-14-9-8-13-17(18)20(25-21)16-11-6-5-7-12-16/h5-9,11-15,21H,4,10H2,1-3H3,(H,24,28)(H,26,29)/t15-,21+/m0/s1. The molecular formula is C23H26N4O3. The maximum absolute atomic E-state index is 13.1. The second-order valence-corrected chi connectivity index (χ2v) is 7.21. The number of nitrogens with zero attached hydrogens (tertiary/aromatic N) is 2. The van der Waals surface area contributed by atoms with Gasteiger partial charge in [-0.2, -0.15) is 0 Å². The normalized spacial score (nSPS) is 16.8. The van der Waals surface area contributed by atoms with Gasteiger partial charge >= 0.3 is 0 Å². The smallest absolute Gasteiger partial charge is 0.272 e. The van der Waals surface area contributed by atoms with Crippen LogP contribution >= 0.6 is 0 Å². The number of hydrogen-bond acceptors (Lipinski definition) is 4. The van der Waals surface area contributed by atoms with Gasteiger partial charge in [-0.15, -0.1) is 0 Å². The summed E-state index contributed by atoms with van der Waals surface area (Å²) < 4.78 is 0. The van der Waals surface area contributed by atoms with E-state index in [0.29, 0.717) is 24.2 Å². The summed E-state index contributed by atoms with van der Waals surface area (Å²) in [5.41, 5.74) is 2.99. The first-order chi connectivity index (χ1) is 14.4. The number of likely N-dealkylation sites (N-methyl/N-ethyl adjacent to an activating group) is 1. The van der Waals surface area contributed by atoms with Gasteiger partial charge in [-0.1, -0.05) is 55.5 Å². The number of aliphatic imine (C=N–C) groups is 1. The van der Waals surface area contributed by atoms with Crippen molar-refractivity contribution in [3.63, 3.8) is 0 Å². The molecule has 2 aromatic rings. The molecule has 0 saturated heterocycles. The van der Waals surface area contributed by atoms with Gasteiger partial charge in [-0.3, -0.25) is 14.4 Å². The van der Waals surface area contributed by atoms with E-state index in [1.807, 2.05) is 61.5 Å². The average molecular weight is 406 g/mol. The molecule has 3 amide bonds. The molecule has 0 spiro atoms. The molecule has 0 unspecified atom stereocenters. The van der Waals surface area contributed by atoms with E-state index >= 15 is 0 Å². The van der Waals surface area contributed by atoms with Crippen LogP contribution in [0.25, 0.3) is 0 Å². The number of amides is 3. The molecule has 3 rings (SSSR count). The van der Waals surface area contributed by atoms with Crippen LogP contribution in [0.5, 0.6) is 0 Å². The number of hydrogen-bond donors (Lipinski definition) is 2. The van der Waals surface area contributed by atoms with Gasteiger partial charge in [-0.25, -0.2) is 4.99 Å². The first-order valence-electron chi connectivity index (χ1n) is 10.0. The number of carbonyl (C=O) groups excluding carboxylic acids is 3. The molecule has 0 saturated carbocycles. The molecule has 2 atom stereocenters. The van der Waals surface area contributed by atoms with Crippen molar-refractivity contribution >= 4 is 29.1 Å². The van der Waals surface area contributed by atoms with E-state index < -0.39 is 18.1 Å². The third-order valence-corrected chi connectivity index (χ3v) is 4.92. The van der Waals surface area contributed by atoms with Crippen molar-refractivity contribution in [1.29, 1.82) is 0 Å². The lowest BCUT2D eigenvalue weighted by Crippen LogP contribution is -2.52. The first-order valence-corrected chi connectivity index (χ1v) is 10.0. The highest BCUT2D eigenvalue weighted by molar-refractivity contribution is 6.20. The van der Waals surface area contributed by atoms with Crippen LogP contribution in [0.1, 0.15) is 37.8 Å². The largest absolute Gasteiger partial charge is 0.345 e. The molecule has 1 heterocycles. The molecule has 1 aliphatic rings. The molecular weight excluding hydrogens is 380 g/mol. The van der Waals surface area contributed by atoms with Gasteiger partial charge in [0, 0.05) is 24.6 Å². The zero-order valence-corrected chi connectivity index (χ0v) is 17.4. The Labute approximate surface area is 176 Å². The molecule has 30 heavy (non-hydrogen) atoms. The Morgan fingerprint density at radius 1 is 1.10 bits per heavy atom. The highest BCUT2D eigenvalue weighted by atomic mass is 16.2. The van der Waals surface area contributed by atoms with E-state index in [-0.39, 0.29) is 11.8 Å². The summed E-state index contributed by atoms with van der Waals surface area (Å²) in [4.78, 5) is 43.7. The summed E-state index contributed by atoms with van der Waals surface area (Å²) in [5, 5.41) is 5.34. The van der Waals surface area contributed by atoms with Gasteiger partial charge in [0.1, 0.15) is 6.04 Å². The van der Waals surface area contributed by atoms with Crippen molar-refractivity contribution < 1.29 is 14.4 Å². The molecule has 156 valence electrons. The van der Waals surface area contributed by atoms with Crippen molar-refractivity contribution in [2.75, 3.05) is 11.9 Å². The molecule has 7 nitrogen and oxygen atoms in total. The average Bonchev–Trinajstić information content (AvgIpc) is 2.85. The highest BCUT2D eigenvalue weighted by Crippen LogP contribution is 2.27. The highest BCUT2D eigenvalue weighted by Gasteiger charge is 2.32. The van der Waals surface area contributed by atoms with Crippen molar-refractivity contribution in [2.45, 2.75) is 38.9 Å². The second-order valence-electron chi connectivity index (χ2n) is 7.21. The van der Waals surface area contributed by atoms with Crippen LogP contribution < -0.4 is 15.5 Å². The monoisotopic (exact) mass is 406 g/mol. The first kappa shape index (κ1) is 21.2. The maximum Gasteiger partial charge on any atom is 0.272 e. The van der Waals surface area contributed by atoms with Crippen LogP contribution in [0.2, 0.25) is 0 Å². The summed E-state index contributed by atoms with van der Waals surface area (Å²) in [7, 11) is 1.66. The quantitative estimate of drug-likeness (QED) is 0.771. The Hall–Kier alpha value is -3.48. The van der Waals surface area contributed by atoms with Gasteiger partial charge in [0.15, 0.2) is 0 Å². The second kappa shape index (κ2) is 9.35. The Morgan fingerprint density at radius 2 is 1.77 bits per heavy atom. The van der Waals surface area contributed by atoms with E-state index in [2.05, 4.69) is 15.6 Å². The number of rotatable bonds is 6. The van der Waals surface area contributed by atoms with Crippen LogP contribution in [0, 0.1) is 0 Å². The van der Waals surface area contributed by atoms with Crippen molar-refractivity contribution in [3.8, 4) is 0 Å². The van der Waals surface area contributed by atoms with Crippen molar-refractivity contribution in [1.82, 2.24) is 10.6 Å². The van der Waals surface area contributed by atoms with Gasteiger partial charge < -0.3 is 15.5 Å². The predicted octanol–water partition coefficient (Wildman–Crippen LogP) is 2.25. The van der Waals surface area contributed by atoms with Crippen LogP contribution in [-0.2, 0) is 14.4 Å². The molecule has 0 fully saturated rings. The van der Waals surface area contributed by atoms with E-state index in [9.17, 15) is 14.4 Å². The third-order valence-electron chi connectivity index (χ3n) is 4.92. The number of fused-ring (bicyclic) bond motifs is 1. The number of para-hydroxylation sites is 1. The number of anilines is 1. The lowest BCUT2D eigenvalue weighted by Gasteiger charge is -2.22. The molecule has 7 heteroatoms. The number of benzene rings is 2. The van der Waals surface area contributed by atoms with Gasteiger partial charge in [0.25, 0.3) is 5.91 Å². The fourth-order valence-corrected chi connectivity index (χ4v) is 3.31. The number of nitrogens with one attached hydrogen (secondary N) is 2. The number of benzodiazepines with no additional fused rings is 1. The van der Waals surface area contributed by atoms with Gasteiger partial charge in [0.05, 0.1) is 11.4 Å². The Balaban J connectivity index is 1.94. The molecule has 2 aromatic carbocycles. The number of carbonyl (C=O) groups is 3.